The minimum absolute atomic E-state index is 0.0583. The Balaban J connectivity index is 2.70. The zero-order valence-electron chi connectivity index (χ0n) is 9.90. The molecular formula is C13H10F3NO2. The van der Waals surface area contributed by atoms with Gasteiger partial charge in [0.25, 0.3) is 0 Å². The van der Waals surface area contributed by atoms with E-state index in [0.29, 0.717) is 0 Å². The Kier molecular flexibility index (Phi) is 3.09. The molecule has 0 aliphatic rings. The molecule has 0 amide bonds. The number of carbonyl (C=O) groups is 1. The van der Waals surface area contributed by atoms with Crippen molar-refractivity contribution in [3.05, 3.63) is 47.8 Å². The SMILES string of the molecule is Cn1ccc(-c2ccccc2C(F)(F)F)c1C(=O)O. The Morgan fingerprint density at radius 2 is 1.79 bits per heavy atom. The highest BCUT2D eigenvalue weighted by Crippen LogP contribution is 2.38. The third-order valence-electron chi connectivity index (χ3n) is 2.80. The van der Waals surface area contributed by atoms with Gasteiger partial charge in [-0.3, -0.25) is 0 Å². The van der Waals surface area contributed by atoms with Gasteiger partial charge in [-0.2, -0.15) is 13.2 Å². The maximum atomic E-state index is 12.9. The summed E-state index contributed by atoms with van der Waals surface area (Å²) in [6, 6.07) is 6.30. The molecule has 1 aromatic heterocycles. The molecule has 0 aliphatic heterocycles. The number of hydrogen-bond donors (Lipinski definition) is 1. The average Bonchev–Trinajstić information content (AvgIpc) is 2.70. The number of aromatic carboxylic acids is 1. The lowest BCUT2D eigenvalue weighted by Crippen LogP contribution is -2.09. The number of benzene rings is 1. The van der Waals surface area contributed by atoms with Crippen LogP contribution in [0.4, 0.5) is 13.2 Å². The fourth-order valence-electron chi connectivity index (χ4n) is 1.98. The second kappa shape index (κ2) is 4.46. The molecule has 0 aliphatic carbocycles. The number of halogens is 3. The van der Waals surface area contributed by atoms with Gasteiger partial charge in [-0.05, 0) is 17.7 Å². The summed E-state index contributed by atoms with van der Waals surface area (Å²) < 4.78 is 40.0. The molecule has 0 radical (unpaired) electrons. The van der Waals surface area contributed by atoms with Crippen molar-refractivity contribution in [3.63, 3.8) is 0 Å². The molecule has 3 nitrogen and oxygen atoms in total. The summed E-state index contributed by atoms with van der Waals surface area (Å²) in [7, 11) is 1.48. The largest absolute Gasteiger partial charge is 0.477 e. The van der Waals surface area contributed by atoms with Gasteiger partial charge in [0.1, 0.15) is 5.69 Å². The summed E-state index contributed by atoms with van der Waals surface area (Å²) in [6.07, 6.45) is -3.10. The number of rotatable bonds is 2. The van der Waals surface area contributed by atoms with Gasteiger partial charge < -0.3 is 9.67 Å². The fourth-order valence-corrected chi connectivity index (χ4v) is 1.98. The van der Waals surface area contributed by atoms with Gasteiger partial charge in [0.05, 0.1) is 5.56 Å². The highest BCUT2D eigenvalue weighted by atomic mass is 19.4. The molecule has 2 aromatic rings. The van der Waals surface area contributed by atoms with Gasteiger partial charge in [-0.1, -0.05) is 18.2 Å². The molecule has 1 heterocycles. The number of aryl methyl sites for hydroxylation is 1. The first-order chi connectivity index (χ1) is 8.82. The van der Waals surface area contributed by atoms with Gasteiger partial charge >= 0.3 is 12.1 Å². The van der Waals surface area contributed by atoms with Crippen LogP contribution in [0.25, 0.3) is 11.1 Å². The van der Waals surface area contributed by atoms with Crippen molar-refractivity contribution in [3.8, 4) is 11.1 Å². The number of aromatic nitrogens is 1. The summed E-state index contributed by atoms with van der Waals surface area (Å²) >= 11 is 0. The summed E-state index contributed by atoms with van der Waals surface area (Å²) in [6.45, 7) is 0. The summed E-state index contributed by atoms with van der Waals surface area (Å²) in [5.41, 5.74) is -1.09. The molecule has 1 N–H and O–H groups in total. The summed E-state index contributed by atoms with van der Waals surface area (Å²) in [4.78, 5) is 11.1. The molecule has 0 unspecified atom stereocenters. The maximum absolute atomic E-state index is 12.9. The third-order valence-corrected chi connectivity index (χ3v) is 2.80. The van der Waals surface area contributed by atoms with E-state index in [4.69, 9.17) is 5.11 Å². The van der Waals surface area contributed by atoms with Crippen molar-refractivity contribution in [2.75, 3.05) is 0 Å². The first-order valence-corrected chi connectivity index (χ1v) is 5.37. The predicted molar refractivity (Wildman–Crippen MR) is 62.8 cm³/mol. The monoisotopic (exact) mass is 269 g/mol. The van der Waals surface area contributed by atoms with Crippen LogP contribution in [0.5, 0.6) is 0 Å². The number of nitrogens with zero attached hydrogens (tertiary/aromatic N) is 1. The van der Waals surface area contributed by atoms with Crippen LogP contribution in [-0.2, 0) is 13.2 Å². The maximum Gasteiger partial charge on any atom is 0.417 e. The molecule has 1 aromatic carbocycles. The Bertz CT molecular complexity index is 629. The first kappa shape index (κ1) is 13.2. The summed E-state index contributed by atoms with van der Waals surface area (Å²) in [5, 5.41) is 9.09. The van der Waals surface area contributed by atoms with Gasteiger partial charge in [0.2, 0.25) is 0 Å². The molecule has 19 heavy (non-hydrogen) atoms. The molecule has 0 saturated carbocycles. The van der Waals surface area contributed by atoms with E-state index in [1.54, 1.807) is 0 Å². The number of carboxylic acid groups (broad SMARTS) is 1. The Morgan fingerprint density at radius 3 is 2.37 bits per heavy atom. The zero-order valence-corrected chi connectivity index (χ0v) is 9.90. The normalized spacial score (nSPS) is 11.6. The van der Waals surface area contributed by atoms with Crippen LogP contribution in [0.2, 0.25) is 0 Å². The lowest BCUT2D eigenvalue weighted by atomic mass is 9.99. The van der Waals surface area contributed by atoms with Crippen molar-refractivity contribution in [2.45, 2.75) is 6.18 Å². The van der Waals surface area contributed by atoms with E-state index in [1.807, 2.05) is 0 Å². The molecule has 0 spiro atoms. The molecular weight excluding hydrogens is 259 g/mol. The molecule has 2 rings (SSSR count). The van der Waals surface area contributed by atoms with Gasteiger partial charge in [0.15, 0.2) is 0 Å². The molecule has 0 fully saturated rings. The molecule has 0 saturated heterocycles. The third kappa shape index (κ3) is 2.33. The summed E-state index contributed by atoms with van der Waals surface area (Å²) in [5.74, 6) is -1.26. The van der Waals surface area contributed by atoms with E-state index >= 15 is 0 Å². The van der Waals surface area contributed by atoms with Crippen LogP contribution in [0, 0.1) is 0 Å². The van der Waals surface area contributed by atoms with Crippen LogP contribution in [0.1, 0.15) is 16.1 Å². The zero-order chi connectivity index (χ0) is 14.2. The Hall–Kier alpha value is -2.24. The smallest absolute Gasteiger partial charge is 0.417 e. The number of hydrogen-bond acceptors (Lipinski definition) is 1. The van der Waals surface area contributed by atoms with E-state index in [0.717, 1.165) is 6.07 Å². The van der Waals surface area contributed by atoms with Gasteiger partial charge in [0, 0.05) is 18.8 Å². The standard InChI is InChI=1S/C13H10F3NO2/c1-17-7-6-9(11(17)12(18)19)8-4-2-3-5-10(8)13(14,15)16/h2-7H,1H3,(H,18,19). The van der Waals surface area contributed by atoms with Crippen molar-refractivity contribution in [1.82, 2.24) is 4.57 Å². The average molecular weight is 269 g/mol. The first-order valence-electron chi connectivity index (χ1n) is 5.37. The predicted octanol–water partition coefficient (Wildman–Crippen LogP) is 3.41. The highest BCUT2D eigenvalue weighted by molar-refractivity contribution is 5.95. The van der Waals surface area contributed by atoms with Crippen molar-refractivity contribution < 1.29 is 23.1 Å². The van der Waals surface area contributed by atoms with Crippen molar-refractivity contribution in [2.24, 2.45) is 7.05 Å². The van der Waals surface area contributed by atoms with Crippen molar-refractivity contribution in [1.29, 1.82) is 0 Å². The quantitative estimate of drug-likeness (QED) is 0.907. The number of carboxylic acids is 1. The molecule has 6 heteroatoms. The molecule has 0 atom stereocenters. The van der Waals surface area contributed by atoms with E-state index < -0.39 is 17.7 Å². The van der Waals surface area contributed by atoms with Crippen LogP contribution in [-0.4, -0.2) is 15.6 Å². The lowest BCUT2D eigenvalue weighted by Gasteiger charge is -2.12. The van der Waals surface area contributed by atoms with Crippen molar-refractivity contribution >= 4 is 5.97 Å². The van der Waals surface area contributed by atoms with Gasteiger partial charge in [-0.15, -0.1) is 0 Å². The second-order valence-corrected chi connectivity index (χ2v) is 4.04. The van der Waals surface area contributed by atoms with Gasteiger partial charge in [-0.25, -0.2) is 4.79 Å². The van der Waals surface area contributed by atoms with Crippen LogP contribution < -0.4 is 0 Å². The van der Waals surface area contributed by atoms with E-state index in [1.165, 1.54) is 42.1 Å². The minimum Gasteiger partial charge on any atom is -0.477 e. The minimum atomic E-state index is -4.53. The molecule has 0 bridgehead atoms. The Morgan fingerprint density at radius 1 is 1.16 bits per heavy atom. The lowest BCUT2D eigenvalue weighted by molar-refractivity contribution is -0.137. The highest BCUT2D eigenvalue weighted by Gasteiger charge is 2.34. The fraction of sp³-hybridized carbons (Fsp3) is 0.154. The Labute approximate surface area is 106 Å². The number of alkyl halides is 3. The van der Waals surface area contributed by atoms with E-state index in [9.17, 15) is 18.0 Å². The van der Waals surface area contributed by atoms with Crippen LogP contribution in [0.3, 0.4) is 0 Å². The second-order valence-electron chi connectivity index (χ2n) is 4.04. The van der Waals surface area contributed by atoms with E-state index in [2.05, 4.69) is 0 Å². The van der Waals surface area contributed by atoms with Crippen LogP contribution >= 0.6 is 0 Å². The van der Waals surface area contributed by atoms with E-state index in [-0.39, 0.29) is 16.8 Å². The topological polar surface area (TPSA) is 42.2 Å². The molecule has 100 valence electrons. The van der Waals surface area contributed by atoms with Crippen LogP contribution in [0.15, 0.2) is 36.5 Å².